The van der Waals surface area contributed by atoms with E-state index < -0.39 is 0 Å². The minimum Gasteiger partial charge on any atom is -0.384 e. The van der Waals surface area contributed by atoms with Gasteiger partial charge in [0.25, 0.3) is 5.91 Å². The number of rotatable bonds is 3. The van der Waals surface area contributed by atoms with Crippen molar-refractivity contribution >= 4 is 5.91 Å². The Morgan fingerprint density at radius 2 is 2.15 bits per heavy atom. The molecule has 2 aromatic rings. The Morgan fingerprint density at radius 1 is 1.25 bits per heavy atom. The van der Waals surface area contributed by atoms with E-state index in [0.29, 0.717) is 17.7 Å². The van der Waals surface area contributed by atoms with Crippen LogP contribution in [0, 0.1) is 11.8 Å². The minimum atomic E-state index is -0.198. The molecule has 0 aliphatic rings. The lowest BCUT2D eigenvalue weighted by molar-refractivity contribution is 0.0950. The maximum Gasteiger partial charge on any atom is 0.251 e. The van der Waals surface area contributed by atoms with Crippen LogP contribution in [0.1, 0.15) is 21.6 Å². The van der Waals surface area contributed by atoms with Gasteiger partial charge in [-0.15, -0.1) is 0 Å². The third kappa shape index (κ3) is 3.94. The molecule has 0 atom stereocenters. The van der Waals surface area contributed by atoms with E-state index in [2.05, 4.69) is 22.1 Å². The number of aliphatic hydroxyl groups is 1. The highest BCUT2D eigenvalue weighted by Gasteiger charge is 2.05. The molecule has 2 N–H and O–H groups in total. The Kier molecular flexibility index (Phi) is 4.87. The molecule has 0 saturated heterocycles. The number of amides is 1. The SMILES string of the molecule is O=C(NCc1ccccn1)c1cccc(C#CCO)c1. The van der Waals surface area contributed by atoms with Gasteiger partial charge in [-0.1, -0.05) is 24.0 Å². The van der Waals surface area contributed by atoms with Crippen LogP contribution in [0.2, 0.25) is 0 Å². The maximum atomic E-state index is 12.0. The van der Waals surface area contributed by atoms with Crippen molar-refractivity contribution in [3.05, 3.63) is 65.5 Å². The summed E-state index contributed by atoms with van der Waals surface area (Å²) in [5, 5.41) is 11.5. The number of carbonyl (C=O) groups excluding carboxylic acids is 1. The van der Waals surface area contributed by atoms with Gasteiger partial charge in [0, 0.05) is 17.3 Å². The molecule has 1 heterocycles. The molecular weight excluding hydrogens is 252 g/mol. The van der Waals surface area contributed by atoms with Crippen LogP contribution in [-0.2, 0) is 6.54 Å². The lowest BCUT2D eigenvalue weighted by Gasteiger charge is -2.05. The van der Waals surface area contributed by atoms with Crippen molar-refractivity contribution < 1.29 is 9.90 Å². The van der Waals surface area contributed by atoms with Crippen LogP contribution in [0.15, 0.2) is 48.7 Å². The number of hydrogen-bond donors (Lipinski definition) is 2. The first kappa shape index (κ1) is 13.8. The highest BCUT2D eigenvalue weighted by atomic mass is 16.2. The summed E-state index contributed by atoms with van der Waals surface area (Å²) < 4.78 is 0. The fourth-order valence-electron chi connectivity index (χ4n) is 1.66. The monoisotopic (exact) mass is 266 g/mol. The first-order valence-electron chi connectivity index (χ1n) is 6.17. The van der Waals surface area contributed by atoms with E-state index in [0.717, 1.165) is 5.69 Å². The zero-order valence-corrected chi connectivity index (χ0v) is 10.8. The van der Waals surface area contributed by atoms with Crippen molar-refractivity contribution in [3.8, 4) is 11.8 Å². The van der Waals surface area contributed by atoms with Gasteiger partial charge in [-0.25, -0.2) is 0 Å². The summed E-state index contributed by atoms with van der Waals surface area (Å²) in [5.41, 5.74) is 2.03. The summed E-state index contributed by atoms with van der Waals surface area (Å²) in [7, 11) is 0. The van der Waals surface area contributed by atoms with Crippen molar-refractivity contribution in [2.24, 2.45) is 0 Å². The number of carbonyl (C=O) groups is 1. The highest BCUT2D eigenvalue weighted by molar-refractivity contribution is 5.94. The average molecular weight is 266 g/mol. The third-order valence-corrected chi connectivity index (χ3v) is 2.59. The van der Waals surface area contributed by atoms with Gasteiger partial charge in [-0.3, -0.25) is 9.78 Å². The molecule has 0 spiro atoms. The Hall–Kier alpha value is -2.64. The van der Waals surface area contributed by atoms with Gasteiger partial charge in [-0.2, -0.15) is 0 Å². The molecule has 4 heteroatoms. The largest absolute Gasteiger partial charge is 0.384 e. The molecule has 0 unspecified atom stereocenters. The van der Waals surface area contributed by atoms with Crippen LogP contribution in [0.5, 0.6) is 0 Å². The Bertz CT molecular complexity index is 642. The number of hydrogen-bond acceptors (Lipinski definition) is 3. The lowest BCUT2D eigenvalue weighted by Crippen LogP contribution is -2.23. The molecule has 0 radical (unpaired) electrons. The molecule has 20 heavy (non-hydrogen) atoms. The van der Waals surface area contributed by atoms with Gasteiger partial charge < -0.3 is 10.4 Å². The molecule has 1 amide bonds. The molecule has 1 aromatic carbocycles. The van der Waals surface area contributed by atoms with Crippen LogP contribution >= 0.6 is 0 Å². The molecule has 0 aliphatic heterocycles. The van der Waals surface area contributed by atoms with E-state index in [1.54, 1.807) is 30.5 Å². The van der Waals surface area contributed by atoms with Gasteiger partial charge in [0.2, 0.25) is 0 Å². The summed E-state index contributed by atoms with van der Waals surface area (Å²) in [6, 6.07) is 12.5. The quantitative estimate of drug-likeness (QED) is 0.824. The second-order valence-electron chi connectivity index (χ2n) is 4.04. The van der Waals surface area contributed by atoms with Crippen LogP contribution in [0.3, 0.4) is 0 Å². The van der Waals surface area contributed by atoms with E-state index in [4.69, 9.17) is 5.11 Å². The van der Waals surface area contributed by atoms with E-state index >= 15 is 0 Å². The zero-order chi connectivity index (χ0) is 14.2. The molecule has 1 aromatic heterocycles. The lowest BCUT2D eigenvalue weighted by atomic mass is 10.1. The first-order valence-corrected chi connectivity index (χ1v) is 6.17. The molecule has 2 rings (SSSR count). The smallest absolute Gasteiger partial charge is 0.251 e. The predicted molar refractivity (Wildman–Crippen MR) is 75.8 cm³/mol. The molecule has 0 aliphatic carbocycles. The fourth-order valence-corrected chi connectivity index (χ4v) is 1.66. The summed E-state index contributed by atoms with van der Waals surface area (Å²) in [5.74, 6) is 5.15. The molecule has 4 nitrogen and oxygen atoms in total. The van der Waals surface area contributed by atoms with Crippen molar-refractivity contribution in [1.82, 2.24) is 10.3 Å². The highest BCUT2D eigenvalue weighted by Crippen LogP contribution is 2.04. The number of aromatic nitrogens is 1. The van der Waals surface area contributed by atoms with Gasteiger partial charge in [0.15, 0.2) is 0 Å². The Morgan fingerprint density at radius 3 is 2.90 bits per heavy atom. The molecule has 100 valence electrons. The normalized spacial score (nSPS) is 9.45. The van der Waals surface area contributed by atoms with Gasteiger partial charge in [-0.05, 0) is 30.3 Å². The number of nitrogens with zero attached hydrogens (tertiary/aromatic N) is 1. The van der Waals surface area contributed by atoms with Gasteiger partial charge >= 0.3 is 0 Å². The number of nitrogens with one attached hydrogen (secondary N) is 1. The number of aliphatic hydroxyl groups excluding tert-OH is 1. The second kappa shape index (κ2) is 7.07. The van der Waals surface area contributed by atoms with Crippen molar-refractivity contribution in [2.75, 3.05) is 6.61 Å². The molecule has 0 fully saturated rings. The van der Waals surface area contributed by atoms with Gasteiger partial charge in [0.1, 0.15) is 6.61 Å². The van der Waals surface area contributed by atoms with Crippen molar-refractivity contribution in [3.63, 3.8) is 0 Å². The fraction of sp³-hybridized carbons (Fsp3) is 0.125. The van der Waals surface area contributed by atoms with E-state index in [1.807, 2.05) is 18.2 Å². The Labute approximate surface area is 117 Å². The summed E-state index contributed by atoms with van der Waals surface area (Å²) in [6.45, 7) is 0.183. The predicted octanol–water partition coefficient (Wildman–Crippen LogP) is 1.36. The number of benzene rings is 1. The second-order valence-corrected chi connectivity index (χ2v) is 4.04. The average Bonchev–Trinajstić information content (AvgIpc) is 2.52. The molecule has 0 saturated carbocycles. The maximum absolute atomic E-state index is 12.0. The minimum absolute atomic E-state index is 0.177. The summed E-state index contributed by atoms with van der Waals surface area (Å²) in [4.78, 5) is 16.1. The van der Waals surface area contributed by atoms with Crippen LogP contribution in [0.4, 0.5) is 0 Å². The summed E-state index contributed by atoms with van der Waals surface area (Å²) in [6.07, 6.45) is 1.69. The van der Waals surface area contributed by atoms with E-state index in [1.165, 1.54) is 0 Å². The summed E-state index contributed by atoms with van der Waals surface area (Å²) >= 11 is 0. The topological polar surface area (TPSA) is 62.2 Å². The standard InChI is InChI=1S/C16H14N2O2/c19-10-4-6-13-5-3-7-14(11-13)16(20)18-12-15-8-1-2-9-17-15/h1-3,5,7-9,11,19H,10,12H2,(H,18,20). The van der Waals surface area contributed by atoms with E-state index in [-0.39, 0.29) is 12.5 Å². The van der Waals surface area contributed by atoms with Crippen LogP contribution in [0.25, 0.3) is 0 Å². The third-order valence-electron chi connectivity index (χ3n) is 2.59. The van der Waals surface area contributed by atoms with Crippen molar-refractivity contribution in [1.29, 1.82) is 0 Å². The van der Waals surface area contributed by atoms with E-state index in [9.17, 15) is 4.79 Å². The first-order chi connectivity index (χ1) is 9.79. The zero-order valence-electron chi connectivity index (χ0n) is 10.8. The van der Waals surface area contributed by atoms with Crippen LogP contribution < -0.4 is 5.32 Å². The van der Waals surface area contributed by atoms with Crippen LogP contribution in [-0.4, -0.2) is 22.6 Å². The molecular formula is C16H14N2O2. The number of pyridine rings is 1. The molecule has 0 bridgehead atoms. The van der Waals surface area contributed by atoms with Crippen molar-refractivity contribution in [2.45, 2.75) is 6.54 Å². The van der Waals surface area contributed by atoms with Gasteiger partial charge in [0.05, 0.1) is 12.2 Å². The Balaban J connectivity index is 2.02.